The lowest BCUT2D eigenvalue weighted by Gasteiger charge is -2.06. The number of alkyl halides is 3. The SMILES string of the molecule is O=C(c1ccco1)c1c(O)[nH]c2ccc(C(F)(F)F)cc12. The van der Waals surface area contributed by atoms with Crippen molar-refractivity contribution in [3.05, 3.63) is 53.5 Å². The van der Waals surface area contributed by atoms with E-state index in [0.29, 0.717) is 0 Å². The first kappa shape index (κ1) is 13.3. The molecule has 0 aliphatic carbocycles. The zero-order valence-corrected chi connectivity index (χ0v) is 10.4. The number of halogens is 3. The third-order valence-electron chi connectivity index (χ3n) is 3.08. The first-order valence-electron chi connectivity index (χ1n) is 5.88. The van der Waals surface area contributed by atoms with Crippen molar-refractivity contribution in [2.45, 2.75) is 6.18 Å². The Labute approximate surface area is 115 Å². The Bertz CT molecular complexity index is 816. The normalized spacial score (nSPS) is 12.0. The van der Waals surface area contributed by atoms with Crippen LogP contribution in [-0.4, -0.2) is 15.9 Å². The minimum Gasteiger partial charge on any atom is -0.494 e. The Balaban J connectivity index is 2.22. The predicted octanol–water partition coefficient (Wildman–Crippen LogP) is 3.72. The van der Waals surface area contributed by atoms with Crippen LogP contribution in [0.3, 0.4) is 0 Å². The molecule has 0 radical (unpaired) electrons. The average molecular weight is 295 g/mol. The molecule has 0 saturated carbocycles. The molecule has 1 aromatic carbocycles. The molecule has 7 heteroatoms. The summed E-state index contributed by atoms with van der Waals surface area (Å²) in [4.78, 5) is 14.7. The van der Waals surface area contributed by atoms with Gasteiger partial charge in [0.15, 0.2) is 5.76 Å². The maximum Gasteiger partial charge on any atom is 0.416 e. The van der Waals surface area contributed by atoms with Gasteiger partial charge in [-0.05, 0) is 30.3 Å². The van der Waals surface area contributed by atoms with Gasteiger partial charge < -0.3 is 14.5 Å². The molecule has 0 fully saturated rings. The van der Waals surface area contributed by atoms with E-state index < -0.39 is 23.4 Å². The number of carbonyl (C=O) groups excluding carboxylic acids is 1. The highest BCUT2D eigenvalue weighted by atomic mass is 19.4. The number of fused-ring (bicyclic) bond motifs is 1. The van der Waals surface area contributed by atoms with Crippen molar-refractivity contribution in [3.63, 3.8) is 0 Å². The van der Waals surface area contributed by atoms with Crippen LogP contribution in [0.4, 0.5) is 13.2 Å². The molecule has 0 aliphatic rings. The van der Waals surface area contributed by atoms with Crippen molar-refractivity contribution in [2.75, 3.05) is 0 Å². The molecule has 3 rings (SSSR count). The summed E-state index contributed by atoms with van der Waals surface area (Å²) < 4.78 is 43.2. The molecule has 21 heavy (non-hydrogen) atoms. The van der Waals surface area contributed by atoms with Gasteiger partial charge in [0.2, 0.25) is 11.7 Å². The molecule has 0 bridgehead atoms. The fourth-order valence-electron chi connectivity index (χ4n) is 2.11. The Morgan fingerprint density at radius 2 is 2.00 bits per heavy atom. The number of furan rings is 1. The topological polar surface area (TPSA) is 66.2 Å². The van der Waals surface area contributed by atoms with E-state index in [-0.39, 0.29) is 22.2 Å². The molecule has 0 aliphatic heterocycles. The van der Waals surface area contributed by atoms with E-state index in [0.717, 1.165) is 18.2 Å². The Hall–Kier alpha value is -2.70. The summed E-state index contributed by atoms with van der Waals surface area (Å²) in [6, 6.07) is 5.70. The third-order valence-corrected chi connectivity index (χ3v) is 3.08. The van der Waals surface area contributed by atoms with Crippen molar-refractivity contribution >= 4 is 16.7 Å². The summed E-state index contributed by atoms with van der Waals surface area (Å²) in [6.45, 7) is 0. The number of H-pyrrole nitrogens is 1. The molecule has 0 unspecified atom stereocenters. The fraction of sp³-hybridized carbons (Fsp3) is 0.0714. The van der Waals surface area contributed by atoms with Crippen LogP contribution in [0.1, 0.15) is 21.7 Å². The quantitative estimate of drug-likeness (QED) is 0.708. The molecule has 2 heterocycles. The number of rotatable bonds is 2. The van der Waals surface area contributed by atoms with Crippen molar-refractivity contribution in [2.24, 2.45) is 0 Å². The van der Waals surface area contributed by atoms with E-state index in [2.05, 4.69) is 4.98 Å². The van der Waals surface area contributed by atoms with Crippen molar-refractivity contribution in [1.29, 1.82) is 0 Å². The maximum atomic E-state index is 12.8. The molecule has 4 nitrogen and oxygen atoms in total. The van der Waals surface area contributed by atoms with Crippen LogP contribution in [0.2, 0.25) is 0 Å². The van der Waals surface area contributed by atoms with Crippen LogP contribution in [0.5, 0.6) is 5.88 Å². The first-order chi connectivity index (χ1) is 9.88. The third kappa shape index (κ3) is 2.16. The maximum absolute atomic E-state index is 12.8. The molecule has 0 atom stereocenters. The standard InChI is InChI=1S/C14H8F3NO3/c15-14(16,17)7-3-4-9-8(6-7)11(13(20)18-9)12(19)10-2-1-5-21-10/h1-6,18,20H. The second kappa shape index (κ2) is 4.41. The van der Waals surface area contributed by atoms with Crippen LogP contribution >= 0.6 is 0 Å². The van der Waals surface area contributed by atoms with Gasteiger partial charge in [-0.3, -0.25) is 4.79 Å². The lowest BCUT2D eigenvalue weighted by molar-refractivity contribution is -0.137. The summed E-state index contributed by atoms with van der Waals surface area (Å²) in [7, 11) is 0. The van der Waals surface area contributed by atoms with E-state index in [1.54, 1.807) is 0 Å². The summed E-state index contributed by atoms with van der Waals surface area (Å²) >= 11 is 0. The molecular weight excluding hydrogens is 287 g/mol. The second-order valence-corrected chi connectivity index (χ2v) is 4.41. The Kier molecular flexibility index (Phi) is 2.79. The van der Waals surface area contributed by atoms with Gasteiger partial charge in [0.1, 0.15) is 0 Å². The van der Waals surface area contributed by atoms with Gasteiger partial charge in [-0.25, -0.2) is 0 Å². The summed E-state index contributed by atoms with van der Waals surface area (Å²) in [5, 5.41) is 9.79. The van der Waals surface area contributed by atoms with E-state index in [1.165, 1.54) is 18.4 Å². The highest BCUT2D eigenvalue weighted by Crippen LogP contribution is 2.35. The minimum absolute atomic E-state index is 0.0104. The summed E-state index contributed by atoms with van der Waals surface area (Å²) in [6.07, 6.45) is -3.27. The monoisotopic (exact) mass is 295 g/mol. The largest absolute Gasteiger partial charge is 0.494 e. The van der Waals surface area contributed by atoms with Crippen LogP contribution in [0.15, 0.2) is 41.0 Å². The highest BCUT2D eigenvalue weighted by Gasteiger charge is 2.32. The second-order valence-electron chi connectivity index (χ2n) is 4.41. The molecule has 0 amide bonds. The molecule has 108 valence electrons. The van der Waals surface area contributed by atoms with Gasteiger partial charge in [-0.2, -0.15) is 13.2 Å². The molecule has 0 saturated heterocycles. The molecular formula is C14H8F3NO3. The Morgan fingerprint density at radius 1 is 1.24 bits per heavy atom. The predicted molar refractivity (Wildman–Crippen MR) is 67.1 cm³/mol. The average Bonchev–Trinajstić information content (AvgIpc) is 3.02. The number of aromatic nitrogens is 1. The highest BCUT2D eigenvalue weighted by molar-refractivity contribution is 6.17. The smallest absolute Gasteiger partial charge is 0.416 e. The number of carbonyl (C=O) groups is 1. The molecule has 0 spiro atoms. The van der Waals surface area contributed by atoms with Gasteiger partial charge in [-0.1, -0.05) is 0 Å². The zero-order chi connectivity index (χ0) is 15.2. The van der Waals surface area contributed by atoms with Gasteiger partial charge in [-0.15, -0.1) is 0 Å². The molecule has 2 aromatic heterocycles. The van der Waals surface area contributed by atoms with Crippen LogP contribution in [0, 0.1) is 0 Å². The number of aromatic amines is 1. The number of ketones is 1. The van der Waals surface area contributed by atoms with Gasteiger partial charge in [0.05, 0.1) is 17.4 Å². The van der Waals surface area contributed by atoms with E-state index in [4.69, 9.17) is 4.42 Å². The lowest BCUT2D eigenvalue weighted by atomic mass is 10.0. The minimum atomic E-state index is -4.54. The van der Waals surface area contributed by atoms with Crippen LogP contribution in [-0.2, 0) is 6.18 Å². The van der Waals surface area contributed by atoms with Crippen molar-refractivity contribution in [1.82, 2.24) is 4.98 Å². The summed E-state index contributed by atoms with van der Waals surface area (Å²) in [5.74, 6) is -1.25. The Morgan fingerprint density at radius 3 is 2.62 bits per heavy atom. The molecule has 2 N–H and O–H groups in total. The zero-order valence-electron chi connectivity index (χ0n) is 10.4. The van der Waals surface area contributed by atoms with Gasteiger partial charge in [0.25, 0.3) is 0 Å². The van der Waals surface area contributed by atoms with E-state index in [1.807, 2.05) is 0 Å². The van der Waals surface area contributed by atoms with Crippen LogP contribution in [0.25, 0.3) is 10.9 Å². The number of nitrogens with one attached hydrogen (secondary N) is 1. The molecule has 3 aromatic rings. The fourth-order valence-corrected chi connectivity index (χ4v) is 2.11. The number of aromatic hydroxyl groups is 1. The first-order valence-corrected chi connectivity index (χ1v) is 5.88. The number of benzene rings is 1. The van der Waals surface area contributed by atoms with Crippen molar-refractivity contribution in [3.8, 4) is 5.88 Å². The lowest BCUT2D eigenvalue weighted by Crippen LogP contribution is -2.05. The van der Waals surface area contributed by atoms with Gasteiger partial charge in [0, 0.05) is 10.9 Å². The number of hydrogen-bond acceptors (Lipinski definition) is 3. The summed E-state index contributed by atoms with van der Waals surface area (Å²) in [5.41, 5.74) is -0.913. The van der Waals surface area contributed by atoms with Crippen LogP contribution < -0.4 is 0 Å². The van der Waals surface area contributed by atoms with Gasteiger partial charge >= 0.3 is 6.18 Å². The van der Waals surface area contributed by atoms with E-state index >= 15 is 0 Å². The van der Waals surface area contributed by atoms with E-state index in [9.17, 15) is 23.1 Å². The van der Waals surface area contributed by atoms with Crippen molar-refractivity contribution < 1.29 is 27.5 Å². The number of hydrogen-bond donors (Lipinski definition) is 2.